The highest BCUT2D eigenvalue weighted by Crippen LogP contribution is 2.17. The molecule has 0 aliphatic heterocycles. The van der Waals surface area contributed by atoms with E-state index in [2.05, 4.69) is 18.4 Å². The molecule has 1 aromatic heterocycles. The van der Waals surface area contributed by atoms with E-state index >= 15 is 0 Å². The zero-order chi connectivity index (χ0) is 17.4. The molecule has 4 nitrogen and oxygen atoms in total. The van der Waals surface area contributed by atoms with Gasteiger partial charge < -0.3 is 13.9 Å². The van der Waals surface area contributed by atoms with Crippen LogP contribution in [0.4, 0.5) is 0 Å². The van der Waals surface area contributed by atoms with Crippen molar-refractivity contribution in [3.63, 3.8) is 0 Å². The lowest BCUT2D eigenvalue weighted by atomic mass is 10.2. The number of aryl methyl sites for hydroxylation is 1. The minimum Gasteiger partial charge on any atom is -0.481 e. The van der Waals surface area contributed by atoms with Gasteiger partial charge in [-0.15, -0.1) is 6.58 Å². The molecule has 0 saturated carbocycles. The molecular weight excluding hydrogens is 328 g/mol. The molecule has 1 aromatic carbocycles. The van der Waals surface area contributed by atoms with Gasteiger partial charge in [0, 0.05) is 17.5 Å². The SMILES string of the molecule is C=CCc1c(OCC#CCOc2ccc(Cl)cc2)cc(C)oc1=O. The van der Waals surface area contributed by atoms with Crippen LogP contribution in [0.15, 0.2) is 52.2 Å². The zero-order valence-electron chi connectivity index (χ0n) is 13.3. The molecule has 0 radical (unpaired) electrons. The van der Waals surface area contributed by atoms with E-state index in [0.717, 1.165) is 0 Å². The Morgan fingerprint density at radius 1 is 1.21 bits per heavy atom. The van der Waals surface area contributed by atoms with Crippen LogP contribution in [-0.4, -0.2) is 13.2 Å². The molecule has 0 atom stereocenters. The summed E-state index contributed by atoms with van der Waals surface area (Å²) in [5.74, 6) is 7.34. The van der Waals surface area contributed by atoms with E-state index in [1.807, 2.05) is 0 Å². The quantitative estimate of drug-likeness (QED) is 0.591. The third-order valence-electron chi connectivity index (χ3n) is 3.03. The highest BCUT2D eigenvalue weighted by molar-refractivity contribution is 6.30. The predicted octanol–water partition coefficient (Wildman–Crippen LogP) is 3.79. The molecule has 124 valence electrons. The van der Waals surface area contributed by atoms with Crippen molar-refractivity contribution in [1.29, 1.82) is 0 Å². The topological polar surface area (TPSA) is 48.7 Å². The Morgan fingerprint density at radius 2 is 1.88 bits per heavy atom. The fourth-order valence-corrected chi connectivity index (χ4v) is 2.06. The van der Waals surface area contributed by atoms with Crippen molar-refractivity contribution in [2.24, 2.45) is 0 Å². The smallest absolute Gasteiger partial charge is 0.343 e. The van der Waals surface area contributed by atoms with E-state index in [4.69, 9.17) is 25.5 Å². The van der Waals surface area contributed by atoms with Gasteiger partial charge in [-0.1, -0.05) is 29.5 Å². The second kappa shape index (κ2) is 8.85. The summed E-state index contributed by atoms with van der Waals surface area (Å²) in [6.07, 6.45) is 2.01. The summed E-state index contributed by atoms with van der Waals surface area (Å²) in [5, 5.41) is 0.653. The maximum atomic E-state index is 11.8. The number of halogens is 1. The highest BCUT2D eigenvalue weighted by atomic mass is 35.5. The highest BCUT2D eigenvalue weighted by Gasteiger charge is 2.09. The molecule has 0 saturated heterocycles. The minimum atomic E-state index is -0.413. The van der Waals surface area contributed by atoms with E-state index in [9.17, 15) is 4.79 Å². The van der Waals surface area contributed by atoms with E-state index < -0.39 is 5.63 Å². The van der Waals surface area contributed by atoms with E-state index in [1.165, 1.54) is 0 Å². The van der Waals surface area contributed by atoms with Gasteiger partial charge in [-0.3, -0.25) is 0 Å². The third kappa shape index (κ3) is 5.22. The average Bonchev–Trinajstić information content (AvgIpc) is 2.55. The van der Waals surface area contributed by atoms with Gasteiger partial charge in [0.25, 0.3) is 0 Å². The Hall–Kier alpha value is -2.64. The normalized spacial score (nSPS) is 9.75. The molecular formula is C19H17ClO4. The van der Waals surface area contributed by atoms with Gasteiger partial charge in [0.1, 0.15) is 30.5 Å². The third-order valence-corrected chi connectivity index (χ3v) is 3.28. The van der Waals surface area contributed by atoms with Crippen molar-refractivity contribution >= 4 is 11.6 Å². The lowest BCUT2D eigenvalue weighted by molar-refractivity contribution is 0.351. The largest absolute Gasteiger partial charge is 0.481 e. The second-order valence-corrected chi connectivity index (χ2v) is 5.30. The standard InChI is InChI=1S/C19H17ClO4/c1-3-6-17-18(13-14(2)24-19(17)21)23-12-5-4-11-22-16-9-7-15(20)8-10-16/h3,7-10,13H,1,6,11-12H2,2H3. The molecule has 0 unspecified atom stereocenters. The first kappa shape index (κ1) is 17.7. The van der Waals surface area contributed by atoms with Crippen LogP contribution in [0.1, 0.15) is 11.3 Å². The van der Waals surface area contributed by atoms with Crippen LogP contribution in [0, 0.1) is 18.8 Å². The summed E-state index contributed by atoms with van der Waals surface area (Å²) < 4.78 is 16.1. The molecule has 0 fully saturated rings. The molecule has 5 heteroatoms. The van der Waals surface area contributed by atoms with E-state index in [-0.39, 0.29) is 13.2 Å². The first-order valence-electron chi connectivity index (χ1n) is 7.31. The van der Waals surface area contributed by atoms with Gasteiger partial charge in [-0.05, 0) is 31.2 Å². The average molecular weight is 345 g/mol. The monoisotopic (exact) mass is 344 g/mol. The molecule has 0 aliphatic carbocycles. The van der Waals surface area contributed by atoms with Crippen molar-refractivity contribution in [2.75, 3.05) is 13.2 Å². The zero-order valence-corrected chi connectivity index (χ0v) is 14.1. The van der Waals surface area contributed by atoms with Gasteiger partial charge in [0.2, 0.25) is 0 Å². The fourth-order valence-electron chi connectivity index (χ4n) is 1.93. The summed E-state index contributed by atoms with van der Waals surface area (Å²) >= 11 is 5.79. The van der Waals surface area contributed by atoms with Crippen LogP contribution in [0.2, 0.25) is 5.02 Å². The van der Waals surface area contributed by atoms with E-state index in [0.29, 0.717) is 34.3 Å². The summed E-state index contributed by atoms with van der Waals surface area (Å²) in [5.41, 5.74) is 0.0266. The van der Waals surface area contributed by atoms with Gasteiger partial charge >= 0.3 is 5.63 Å². The lowest BCUT2D eigenvalue weighted by Gasteiger charge is -2.07. The number of allylic oxidation sites excluding steroid dienone is 1. The molecule has 1 heterocycles. The lowest BCUT2D eigenvalue weighted by Crippen LogP contribution is -2.11. The number of hydrogen-bond acceptors (Lipinski definition) is 4. The molecule has 2 aromatic rings. The Labute approximate surface area is 145 Å². The Bertz CT molecular complexity index is 810. The fraction of sp³-hybridized carbons (Fsp3) is 0.211. The molecule has 0 amide bonds. The van der Waals surface area contributed by atoms with Crippen molar-refractivity contribution in [3.8, 4) is 23.3 Å². The summed E-state index contributed by atoms with van der Waals surface area (Å²) in [7, 11) is 0. The van der Waals surface area contributed by atoms with Gasteiger partial charge in [0.05, 0.1) is 5.56 Å². The molecule has 0 bridgehead atoms. The number of benzene rings is 1. The van der Waals surface area contributed by atoms with Gasteiger partial charge in [-0.25, -0.2) is 4.79 Å². The molecule has 0 N–H and O–H groups in total. The van der Waals surface area contributed by atoms with Crippen LogP contribution in [0.3, 0.4) is 0 Å². The van der Waals surface area contributed by atoms with Crippen LogP contribution in [0.5, 0.6) is 11.5 Å². The van der Waals surface area contributed by atoms with Crippen molar-refractivity contribution in [1.82, 2.24) is 0 Å². The first-order chi connectivity index (χ1) is 11.6. The number of hydrogen-bond donors (Lipinski definition) is 0. The van der Waals surface area contributed by atoms with Gasteiger partial charge in [0.15, 0.2) is 0 Å². The van der Waals surface area contributed by atoms with Crippen molar-refractivity contribution < 1.29 is 13.9 Å². The van der Waals surface area contributed by atoms with E-state index in [1.54, 1.807) is 43.3 Å². The van der Waals surface area contributed by atoms with Gasteiger partial charge in [-0.2, -0.15) is 0 Å². The van der Waals surface area contributed by atoms with Crippen LogP contribution >= 0.6 is 11.6 Å². The molecule has 2 rings (SSSR count). The van der Waals surface area contributed by atoms with Crippen LogP contribution < -0.4 is 15.1 Å². The first-order valence-corrected chi connectivity index (χ1v) is 7.69. The maximum absolute atomic E-state index is 11.8. The van der Waals surface area contributed by atoms with Crippen LogP contribution in [-0.2, 0) is 6.42 Å². The summed E-state index contributed by atoms with van der Waals surface area (Å²) in [6.45, 7) is 5.71. The second-order valence-electron chi connectivity index (χ2n) is 4.86. The predicted molar refractivity (Wildman–Crippen MR) is 93.8 cm³/mol. The van der Waals surface area contributed by atoms with Crippen molar-refractivity contribution in [3.05, 3.63) is 69.8 Å². The summed E-state index contributed by atoms with van der Waals surface area (Å²) in [6, 6.07) is 8.71. The minimum absolute atomic E-state index is 0.150. The Morgan fingerprint density at radius 3 is 2.54 bits per heavy atom. The molecule has 24 heavy (non-hydrogen) atoms. The van der Waals surface area contributed by atoms with Crippen molar-refractivity contribution in [2.45, 2.75) is 13.3 Å². The molecule has 0 aliphatic rings. The molecule has 0 spiro atoms. The summed E-state index contributed by atoms with van der Waals surface area (Å²) in [4.78, 5) is 11.8. The number of ether oxygens (including phenoxy) is 2. The Kier molecular flexibility index (Phi) is 6.53. The Balaban J connectivity index is 1.89. The number of rotatable bonds is 6. The maximum Gasteiger partial charge on any atom is 0.343 e. The van der Waals surface area contributed by atoms with Crippen LogP contribution in [0.25, 0.3) is 0 Å².